The molecule has 11 heteroatoms. The average Bonchev–Trinajstić information content (AvgIpc) is 2.23. The van der Waals surface area contributed by atoms with E-state index < -0.39 is 44.1 Å². The summed E-state index contributed by atoms with van der Waals surface area (Å²) >= 11 is 0. The third kappa shape index (κ3) is 3.33. The van der Waals surface area contributed by atoms with E-state index in [0.717, 1.165) is 0 Å². The number of alkyl halides is 6. The largest absolute Gasteiger partial charge is 0.496 e. The lowest BCUT2D eigenvalue weighted by Crippen LogP contribution is -2.21. The predicted octanol–water partition coefficient (Wildman–Crippen LogP) is 2.38. The van der Waals surface area contributed by atoms with Gasteiger partial charge in [0, 0.05) is 0 Å². The molecule has 4 nitrogen and oxygen atoms in total. The lowest BCUT2D eigenvalue weighted by atomic mass is 10.1. The molecule has 0 heterocycles. The maximum atomic E-state index is 12.8. The average molecular weight is 323 g/mol. The minimum Gasteiger partial charge on any atom is -0.496 e. The van der Waals surface area contributed by atoms with Crippen LogP contribution in [0.3, 0.4) is 0 Å². The monoisotopic (exact) mass is 323 g/mol. The molecule has 0 saturated heterocycles. The highest BCUT2D eigenvalue weighted by molar-refractivity contribution is 7.89. The number of primary sulfonamides is 1. The van der Waals surface area contributed by atoms with Crippen LogP contribution in [0.25, 0.3) is 0 Å². The van der Waals surface area contributed by atoms with Crippen LogP contribution in [0.2, 0.25) is 0 Å². The molecule has 1 aromatic rings. The molecule has 0 saturated carbocycles. The molecule has 20 heavy (non-hydrogen) atoms. The number of nitrogens with two attached hydrogens (primary N) is 1. The molecule has 0 fully saturated rings. The van der Waals surface area contributed by atoms with Gasteiger partial charge in [-0.3, -0.25) is 0 Å². The maximum absolute atomic E-state index is 12.8. The van der Waals surface area contributed by atoms with Crippen molar-refractivity contribution in [3.8, 4) is 5.75 Å². The first kappa shape index (κ1) is 16.6. The van der Waals surface area contributed by atoms with Crippen molar-refractivity contribution in [2.45, 2.75) is 17.2 Å². The quantitative estimate of drug-likeness (QED) is 0.850. The molecular formula is C9H7F6NO3S. The summed E-state index contributed by atoms with van der Waals surface area (Å²) in [5.41, 5.74) is -3.50. The predicted molar refractivity (Wildman–Crippen MR) is 54.4 cm³/mol. The topological polar surface area (TPSA) is 69.4 Å². The molecule has 0 amide bonds. The summed E-state index contributed by atoms with van der Waals surface area (Å²) < 4.78 is 102. The first-order valence-electron chi connectivity index (χ1n) is 4.67. The highest BCUT2D eigenvalue weighted by Gasteiger charge is 2.43. The molecule has 1 aromatic carbocycles. The van der Waals surface area contributed by atoms with E-state index in [-0.39, 0.29) is 12.1 Å². The van der Waals surface area contributed by atoms with Crippen LogP contribution < -0.4 is 9.88 Å². The maximum Gasteiger partial charge on any atom is 0.421 e. The van der Waals surface area contributed by atoms with E-state index in [1.807, 2.05) is 0 Å². The van der Waals surface area contributed by atoms with Gasteiger partial charge in [-0.1, -0.05) is 0 Å². The van der Waals surface area contributed by atoms with Gasteiger partial charge in [0.25, 0.3) is 0 Å². The molecule has 0 spiro atoms. The van der Waals surface area contributed by atoms with Crippen LogP contribution >= 0.6 is 0 Å². The lowest BCUT2D eigenvalue weighted by molar-refractivity contribution is -0.144. The van der Waals surface area contributed by atoms with Crippen LogP contribution in [0.4, 0.5) is 26.3 Å². The van der Waals surface area contributed by atoms with E-state index in [2.05, 4.69) is 9.88 Å². The molecule has 2 N–H and O–H groups in total. The van der Waals surface area contributed by atoms with Gasteiger partial charge in [0.1, 0.15) is 11.3 Å². The Morgan fingerprint density at radius 3 is 1.85 bits per heavy atom. The summed E-state index contributed by atoms with van der Waals surface area (Å²) in [5.74, 6) is -1.28. The Hall–Kier alpha value is -1.49. The Bertz CT molecular complexity index is 620. The Balaban J connectivity index is 3.85. The molecular weight excluding hydrogens is 316 g/mol. The van der Waals surface area contributed by atoms with E-state index >= 15 is 0 Å². The zero-order chi connectivity index (χ0) is 15.9. The van der Waals surface area contributed by atoms with Crippen molar-refractivity contribution in [1.82, 2.24) is 0 Å². The highest BCUT2D eigenvalue weighted by atomic mass is 32.2. The fourth-order valence-electron chi connectivity index (χ4n) is 1.42. The lowest BCUT2D eigenvalue weighted by Gasteiger charge is -2.18. The minimum atomic E-state index is -5.25. The molecule has 0 atom stereocenters. The van der Waals surface area contributed by atoms with Gasteiger partial charge in [-0.15, -0.1) is 0 Å². The van der Waals surface area contributed by atoms with E-state index in [4.69, 9.17) is 0 Å². The molecule has 1 rings (SSSR count). The Kier molecular flexibility index (Phi) is 3.98. The standard InChI is InChI=1S/C9H7F6NO3S/c1-19-5-2-4(8(10,11)12)3-6(20(16,17)18)7(5)9(13,14)15/h2-3H,1H3,(H2,16,17,18). The first-order chi connectivity index (χ1) is 8.78. The van der Waals surface area contributed by atoms with Crippen LogP contribution in [-0.4, -0.2) is 15.5 Å². The fourth-order valence-corrected chi connectivity index (χ4v) is 2.21. The number of sulfonamides is 1. The van der Waals surface area contributed by atoms with Gasteiger partial charge in [0.2, 0.25) is 10.0 Å². The molecule has 0 aliphatic carbocycles. The number of halogens is 6. The number of hydrogen-bond donors (Lipinski definition) is 1. The van der Waals surface area contributed by atoms with Crippen LogP contribution in [0.1, 0.15) is 11.1 Å². The number of methoxy groups -OCH3 is 1. The normalized spacial score (nSPS) is 13.4. The van der Waals surface area contributed by atoms with E-state index in [1.165, 1.54) is 0 Å². The summed E-state index contributed by atoms with van der Waals surface area (Å²) in [4.78, 5) is -1.70. The minimum absolute atomic E-state index is 0.0531. The van der Waals surface area contributed by atoms with Crippen LogP contribution in [0, 0.1) is 0 Å². The molecule has 0 aliphatic rings. The van der Waals surface area contributed by atoms with Gasteiger partial charge in [-0.25, -0.2) is 13.6 Å². The molecule has 0 bridgehead atoms. The molecule has 0 aromatic heterocycles. The van der Waals surface area contributed by atoms with Crippen molar-refractivity contribution in [2.75, 3.05) is 7.11 Å². The van der Waals surface area contributed by atoms with Gasteiger partial charge in [-0.2, -0.15) is 26.3 Å². The molecule has 0 unspecified atom stereocenters. The molecule has 0 radical (unpaired) electrons. The zero-order valence-electron chi connectivity index (χ0n) is 9.63. The number of ether oxygens (including phenoxy) is 1. The summed E-state index contributed by atoms with van der Waals surface area (Å²) in [5, 5.41) is 4.54. The van der Waals surface area contributed by atoms with Crippen molar-refractivity contribution < 1.29 is 39.5 Å². The van der Waals surface area contributed by atoms with Crippen molar-refractivity contribution in [2.24, 2.45) is 5.14 Å². The SMILES string of the molecule is COc1cc(C(F)(F)F)cc(S(N)(=O)=O)c1C(F)(F)F. The second kappa shape index (κ2) is 4.81. The Morgan fingerprint density at radius 2 is 1.55 bits per heavy atom. The van der Waals surface area contributed by atoms with Crippen LogP contribution in [-0.2, 0) is 22.4 Å². The Labute approximate surface area is 109 Å². The molecule has 114 valence electrons. The molecule has 0 aliphatic heterocycles. The number of hydrogen-bond acceptors (Lipinski definition) is 3. The van der Waals surface area contributed by atoms with E-state index in [9.17, 15) is 34.8 Å². The second-order valence-electron chi connectivity index (χ2n) is 3.59. The van der Waals surface area contributed by atoms with Gasteiger partial charge >= 0.3 is 12.4 Å². The highest BCUT2D eigenvalue weighted by Crippen LogP contribution is 2.43. The third-order valence-corrected chi connectivity index (χ3v) is 3.14. The smallest absolute Gasteiger partial charge is 0.421 e. The summed E-state index contributed by atoms with van der Waals surface area (Å²) in [7, 11) is -4.35. The fraction of sp³-hybridized carbons (Fsp3) is 0.333. The zero-order valence-corrected chi connectivity index (χ0v) is 10.4. The van der Waals surface area contributed by atoms with E-state index in [0.29, 0.717) is 7.11 Å². The van der Waals surface area contributed by atoms with Crippen molar-refractivity contribution in [3.05, 3.63) is 23.3 Å². The van der Waals surface area contributed by atoms with Crippen molar-refractivity contribution >= 4 is 10.0 Å². The Morgan fingerprint density at radius 1 is 1.05 bits per heavy atom. The van der Waals surface area contributed by atoms with Crippen LogP contribution in [0.5, 0.6) is 5.75 Å². The summed E-state index contributed by atoms with van der Waals surface area (Å²) in [6.45, 7) is 0. The number of rotatable bonds is 2. The van der Waals surface area contributed by atoms with Gasteiger partial charge < -0.3 is 4.74 Å². The first-order valence-corrected chi connectivity index (χ1v) is 6.22. The van der Waals surface area contributed by atoms with E-state index in [1.54, 1.807) is 0 Å². The second-order valence-corrected chi connectivity index (χ2v) is 5.12. The van der Waals surface area contributed by atoms with Crippen LogP contribution in [0.15, 0.2) is 17.0 Å². The summed E-state index contributed by atoms with van der Waals surface area (Å²) in [6.07, 6.45) is -10.3. The van der Waals surface area contributed by atoms with Gasteiger partial charge in [0.15, 0.2) is 0 Å². The van der Waals surface area contributed by atoms with Crippen molar-refractivity contribution in [1.29, 1.82) is 0 Å². The van der Waals surface area contributed by atoms with Crippen molar-refractivity contribution in [3.63, 3.8) is 0 Å². The summed E-state index contributed by atoms with van der Waals surface area (Å²) in [6, 6.07) is -0.127. The van der Waals surface area contributed by atoms with Gasteiger partial charge in [0.05, 0.1) is 17.6 Å². The van der Waals surface area contributed by atoms with Gasteiger partial charge in [-0.05, 0) is 12.1 Å². The third-order valence-electron chi connectivity index (χ3n) is 2.20. The number of benzene rings is 1.